The number of halogens is 4. The van der Waals surface area contributed by atoms with E-state index in [0.717, 1.165) is 18.8 Å². The van der Waals surface area contributed by atoms with Gasteiger partial charge >= 0.3 is 6.18 Å². The molecule has 2 fully saturated rings. The molecule has 0 aromatic rings. The second kappa shape index (κ2) is 11.0. The maximum Gasteiger partial charge on any atom is 0.403 e. The van der Waals surface area contributed by atoms with Gasteiger partial charge in [0.05, 0.1) is 12.1 Å². The molecule has 2 saturated heterocycles. The van der Waals surface area contributed by atoms with Crippen molar-refractivity contribution in [2.45, 2.75) is 44.5 Å². The van der Waals surface area contributed by atoms with E-state index in [2.05, 4.69) is 5.32 Å². The largest absolute Gasteiger partial charge is 0.403 e. The van der Waals surface area contributed by atoms with Crippen molar-refractivity contribution in [2.75, 3.05) is 59.6 Å². The van der Waals surface area contributed by atoms with E-state index in [1.165, 1.54) is 11.8 Å². The number of hydrogen-bond acceptors (Lipinski definition) is 4. The number of guanidine groups is 1. The summed E-state index contributed by atoms with van der Waals surface area (Å²) < 4.78 is 49.8. The molecule has 0 radical (unpaired) electrons. The van der Waals surface area contributed by atoms with Crippen LogP contribution < -0.4 is 5.32 Å². The quantitative estimate of drug-likeness (QED) is 0.351. The lowest BCUT2D eigenvalue weighted by molar-refractivity contribution is -0.181. The van der Waals surface area contributed by atoms with Crippen LogP contribution in [0.5, 0.6) is 0 Å². The van der Waals surface area contributed by atoms with Gasteiger partial charge in [0.15, 0.2) is 5.96 Å². The van der Waals surface area contributed by atoms with Crippen LogP contribution in [0.4, 0.5) is 13.2 Å². The van der Waals surface area contributed by atoms with Crippen molar-refractivity contribution in [3.63, 3.8) is 0 Å². The number of aliphatic imine (C=N–C) groups is 1. The molecule has 0 aromatic carbocycles. The fourth-order valence-corrected chi connectivity index (χ4v) is 3.34. The van der Waals surface area contributed by atoms with E-state index in [9.17, 15) is 13.2 Å². The standard InChI is InChI=1S/C17H31F3N4O2.HI/c1-4-21-15(22-13-16(25-3)5-11-26-12-6-16)24-9-7-23(8-10-24)14(2)17(18,19)20;/h14H,4-13H2,1-3H3,(H,21,22);1H. The van der Waals surface area contributed by atoms with Gasteiger partial charge in [-0.3, -0.25) is 9.89 Å². The molecule has 2 aliphatic heterocycles. The monoisotopic (exact) mass is 508 g/mol. The minimum absolute atomic E-state index is 0. The Morgan fingerprint density at radius 1 is 1.22 bits per heavy atom. The van der Waals surface area contributed by atoms with E-state index in [-0.39, 0.29) is 29.6 Å². The number of methoxy groups -OCH3 is 1. The molecule has 2 rings (SSSR count). The Morgan fingerprint density at radius 3 is 2.30 bits per heavy atom. The number of alkyl halides is 3. The van der Waals surface area contributed by atoms with Crippen molar-refractivity contribution in [3.05, 3.63) is 0 Å². The van der Waals surface area contributed by atoms with Gasteiger partial charge in [-0.25, -0.2) is 0 Å². The van der Waals surface area contributed by atoms with Gasteiger partial charge < -0.3 is 19.7 Å². The van der Waals surface area contributed by atoms with Gasteiger partial charge in [-0.2, -0.15) is 13.2 Å². The summed E-state index contributed by atoms with van der Waals surface area (Å²) in [7, 11) is 1.70. The summed E-state index contributed by atoms with van der Waals surface area (Å²) >= 11 is 0. The highest BCUT2D eigenvalue weighted by molar-refractivity contribution is 14.0. The molecule has 2 aliphatic rings. The summed E-state index contributed by atoms with van der Waals surface area (Å²) in [6.07, 6.45) is -2.60. The Morgan fingerprint density at radius 2 is 1.81 bits per heavy atom. The van der Waals surface area contributed by atoms with E-state index >= 15 is 0 Å². The molecule has 0 saturated carbocycles. The molecule has 6 nitrogen and oxygen atoms in total. The molecular formula is C17H32F3IN4O2. The maximum absolute atomic E-state index is 12.9. The number of ether oxygens (including phenoxy) is 2. The summed E-state index contributed by atoms with van der Waals surface area (Å²) in [6, 6.07) is -1.41. The van der Waals surface area contributed by atoms with E-state index in [1.807, 2.05) is 11.8 Å². The third-order valence-corrected chi connectivity index (χ3v) is 5.32. The normalized spacial score (nSPS) is 22.9. The van der Waals surface area contributed by atoms with Crippen LogP contribution in [-0.4, -0.2) is 93.2 Å². The maximum atomic E-state index is 12.9. The molecule has 1 unspecified atom stereocenters. The second-order valence-electron chi connectivity index (χ2n) is 6.91. The van der Waals surface area contributed by atoms with Crippen LogP contribution in [0, 0.1) is 0 Å². The highest BCUT2D eigenvalue weighted by Gasteiger charge is 2.41. The molecular weight excluding hydrogens is 476 g/mol. The fourth-order valence-electron chi connectivity index (χ4n) is 3.34. The van der Waals surface area contributed by atoms with Gasteiger partial charge in [0, 0.05) is 65.9 Å². The highest BCUT2D eigenvalue weighted by atomic mass is 127. The molecule has 1 N–H and O–H groups in total. The molecule has 0 spiro atoms. The summed E-state index contributed by atoms with van der Waals surface area (Å²) in [6.45, 7) is 7.55. The van der Waals surface area contributed by atoms with Gasteiger partial charge in [-0.15, -0.1) is 24.0 Å². The molecule has 27 heavy (non-hydrogen) atoms. The van der Waals surface area contributed by atoms with Crippen LogP contribution in [0.25, 0.3) is 0 Å². The summed E-state index contributed by atoms with van der Waals surface area (Å²) in [5, 5.41) is 3.26. The van der Waals surface area contributed by atoms with E-state index < -0.39 is 12.2 Å². The Kier molecular flexibility index (Phi) is 10.1. The molecule has 0 aromatic heterocycles. The van der Waals surface area contributed by atoms with Crippen LogP contribution >= 0.6 is 24.0 Å². The van der Waals surface area contributed by atoms with Gasteiger partial charge in [0.25, 0.3) is 0 Å². The number of nitrogens with zero attached hydrogens (tertiary/aromatic N) is 3. The molecule has 160 valence electrons. The van der Waals surface area contributed by atoms with Crippen molar-refractivity contribution in [1.82, 2.24) is 15.1 Å². The predicted octanol–water partition coefficient (Wildman–Crippen LogP) is 2.33. The first kappa shape index (κ1) is 24.7. The lowest BCUT2D eigenvalue weighted by Gasteiger charge is -2.40. The minimum atomic E-state index is -4.19. The Bertz CT molecular complexity index is 466. The van der Waals surface area contributed by atoms with Crippen molar-refractivity contribution in [2.24, 2.45) is 4.99 Å². The third-order valence-electron chi connectivity index (χ3n) is 5.32. The third kappa shape index (κ3) is 6.90. The number of rotatable bonds is 5. The number of nitrogens with one attached hydrogen (secondary N) is 1. The zero-order chi connectivity index (χ0) is 19.2. The van der Waals surface area contributed by atoms with Crippen molar-refractivity contribution in [3.8, 4) is 0 Å². The van der Waals surface area contributed by atoms with Crippen molar-refractivity contribution >= 4 is 29.9 Å². The lowest BCUT2D eigenvalue weighted by Crippen LogP contribution is -2.57. The molecule has 1 atom stereocenters. The van der Waals surface area contributed by atoms with E-state index in [1.54, 1.807) is 7.11 Å². The van der Waals surface area contributed by atoms with Crippen LogP contribution in [0.3, 0.4) is 0 Å². The van der Waals surface area contributed by atoms with Crippen molar-refractivity contribution < 1.29 is 22.6 Å². The molecule has 2 heterocycles. The first-order valence-electron chi connectivity index (χ1n) is 9.28. The Balaban J connectivity index is 0.00000364. The summed E-state index contributed by atoms with van der Waals surface area (Å²) in [4.78, 5) is 8.25. The number of hydrogen-bond donors (Lipinski definition) is 1. The van der Waals surface area contributed by atoms with Gasteiger partial charge in [-0.05, 0) is 13.8 Å². The average molecular weight is 508 g/mol. The van der Waals surface area contributed by atoms with Crippen molar-refractivity contribution in [1.29, 1.82) is 0 Å². The zero-order valence-electron chi connectivity index (χ0n) is 16.3. The second-order valence-corrected chi connectivity index (χ2v) is 6.91. The first-order valence-corrected chi connectivity index (χ1v) is 9.28. The molecule has 0 amide bonds. The summed E-state index contributed by atoms with van der Waals surface area (Å²) in [5.41, 5.74) is -0.314. The number of piperazine rings is 1. The smallest absolute Gasteiger partial charge is 0.381 e. The van der Waals surface area contributed by atoms with E-state index in [4.69, 9.17) is 14.5 Å². The molecule has 0 aliphatic carbocycles. The summed E-state index contributed by atoms with van der Waals surface area (Å²) in [5.74, 6) is 0.745. The first-order chi connectivity index (χ1) is 12.3. The van der Waals surface area contributed by atoms with Gasteiger partial charge in [-0.1, -0.05) is 0 Å². The fraction of sp³-hybridized carbons (Fsp3) is 0.941. The molecule has 10 heteroatoms. The van der Waals surface area contributed by atoms with Crippen LogP contribution in [0.1, 0.15) is 26.7 Å². The lowest BCUT2D eigenvalue weighted by atomic mass is 9.94. The SMILES string of the molecule is CCNC(=NCC1(OC)CCOCC1)N1CCN(C(C)C(F)(F)F)CC1.I. The zero-order valence-corrected chi connectivity index (χ0v) is 18.7. The Labute approximate surface area is 176 Å². The van der Waals surface area contributed by atoms with Crippen LogP contribution in [0.15, 0.2) is 4.99 Å². The van der Waals surface area contributed by atoms with Crippen LogP contribution in [0.2, 0.25) is 0 Å². The van der Waals surface area contributed by atoms with Crippen LogP contribution in [-0.2, 0) is 9.47 Å². The van der Waals surface area contributed by atoms with E-state index in [0.29, 0.717) is 52.5 Å². The van der Waals surface area contributed by atoms with Gasteiger partial charge in [0.2, 0.25) is 0 Å². The minimum Gasteiger partial charge on any atom is -0.381 e. The average Bonchev–Trinajstić information content (AvgIpc) is 2.65. The molecule has 0 bridgehead atoms. The predicted molar refractivity (Wildman–Crippen MR) is 110 cm³/mol. The van der Waals surface area contributed by atoms with Gasteiger partial charge in [0.1, 0.15) is 6.04 Å². The topological polar surface area (TPSA) is 49.3 Å². The highest BCUT2D eigenvalue weighted by Crippen LogP contribution is 2.26. The Hall–Kier alpha value is -0.330.